The van der Waals surface area contributed by atoms with Crippen molar-refractivity contribution in [3.63, 3.8) is 0 Å². The Bertz CT molecular complexity index is 1060. The van der Waals surface area contributed by atoms with Crippen LogP contribution in [0.15, 0.2) is 24.4 Å². The molecule has 0 aliphatic carbocycles. The lowest BCUT2D eigenvalue weighted by molar-refractivity contribution is 0.0635. The Kier molecular flexibility index (Phi) is 5.00. The predicted molar refractivity (Wildman–Crippen MR) is 102 cm³/mol. The lowest BCUT2D eigenvalue weighted by atomic mass is 10.1. The number of hydrogen-bond donors (Lipinski definition) is 1. The Morgan fingerprint density at radius 1 is 1.41 bits per heavy atom. The molecule has 0 bridgehead atoms. The lowest BCUT2D eigenvalue weighted by Gasteiger charge is -2.19. The number of carbonyl (C=O) groups excluding carboxylic acids is 1. The summed E-state index contributed by atoms with van der Waals surface area (Å²) in [6.07, 6.45) is 0.829. The van der Waals surface area contributed by atoms with Crippen molar-refractivity contribution in [2.75, 3.05) is 5.32 Å². The van der Waals surface area contributed by atoms with Crippen molar-refractivity contribution in [2.45, 2.75) is 26.4 Å². The Morgan fingerprint density at radius 3 is 2.78 bits per heavy atom. The van der Waals surface area contributed by atoms with Gasteiger partial charge in [-0.05, 0) is 39.0 Å². The molecule has 3 rings (SSSR count). The van der Waals surface area contributed by atoms with E-state index in [1.807, 2.05) is 6.07 Å². The average molecular weight is 405 g/mol. The molecule has 1 N–H and O–H groups in total. The van der Waals surface area contributed by atoms with Crippen LogP contribution < -0.4 is 5.32 Å². The van der Waals surface area contributed by atoms with Gasteiger partial charge in [-0.25, -0.2) is 19.2 Å². The van der Waals surface area contributed by atoms with Crippen molar-refractivity contribution < 1.29 is 13.9 Å². The summed E-state index contributed by atoms with van der Waals surface area (Å²) in [6, 6.07) is 5.98. The number of amides is 1. The van der Waals surface area contributed by atoms with Gasteiger partial charge in [-0.15, -0.1) is 11.3 Å². The van der Waals surface area contributed by atoms with E-state index in [4.69, 9.17) is 21.6 Å². The standard InChI is InChI=1S/C18H14ClFN4O2S/c1-18(2,3)26-17(25)24-15-14-12(4-5-22-15)23-16(27-14)13-10(19)6-9(8-21)7-11(13)20/h4-7H,1-3H3,(H,22,24,25). The average Bonchev–Trinajstić information content (AvgIpc) is 2.96. The van der Waals surface area contributed by atoms with Crippen LogP contribution in [0.4, 0.5) is 15.0 Å². The van der Waals surface area contributed by atoms with E-state index in [-0.39, 0.29) is 22.0 Å². The number of rotatable bonds is 2. The highest BCUT2D eigenvalue weighted by Crippen LogP contribution is 2.38. The predicted octanol–water partition coefficient (Wildman–Crippen LogP) is 5.37. The Labute approximate surface area is 163 Å². The van der Waals surface area contributed by atoms with Crippen LogP contribution in [-0.4, -0.2) is 21.7 Å². The Hall–Kier alpha value is -2.76. The second-order valence-corrected chi connectivity index (χ2v) is 7.99. The summed E-state index contributed by atoms with van der Waals surface area (Å²) in [5.41, 5.74) is 0.0861. The SMILES string of the molecule is CC(C)(C)OC(=O)Nc1nccc2nc(-c3c(F)cc(C#N)cc3Cl)sc12. The molecule has 0 fully saturated rings. The molecule has 0 spiro atoms. The molecular weight excluding hydrogens is 391 g/mol. The highest BCUT2D eigenvalue weighted by atomic mass is 35.5. The number of nitrogens with zero attached hydrogens (tertiary/aromatic N) is 3. The monoisotopic (exact) mass is 404 g/mol. The van der Waals surface area contributed by atoms with Crippen molar-refractivity contribution in [2.24, 2.45) is 0 Å². The van der Waals surface area contributed by atoms with Crippen LogP contribution in [0.5, 0.6) is 0 Å². The largest absolute Gasteiger partial charge is 0.444 e. The van der Waals surface area contributed by atoms with Gasteiger partial charge < -0.3 is 4.74 Å². The molecule has 0 atom stereocenters. The summed E-state index contributed by atoms with van der Waals surface area (Å²) in [6.45, 7) is 5.25. The van der Waals surface area contributed by atoms with E-state index in [0.717, 1.165) is 17.4 Å². The third-order valence-electron chi connectivity index (χ3n) is 3.31. The van der Waals surface area contributed by atoms with E-state index < -0.39 is 17.5 Å². The number of nitrogens with one attached hydrogen (secondary N) is 1. The number of nitriles is 1. The van der Waals surface area contributed by atoms with Gasteiger partial charge in [0, 0.05) is 6.20 Å². The van der Waals surface area contributed by atoms with Crippen LogP contribution in [0.25, 0.3) is 20.8 Å². The third-order valence-corrected chi connectivity index (χ3v) is 4.70. The molecule has 3 aromatic rings. The lowest BCUT2D eigenvalue weighted by Crippen LogP contribution is -2.27. The number of anilines is 1. The summed E-state index contributed by atoms with van der Waals surface area (Å²) in [5, 5.41) is 11.9. The summed E-state index contributed by atoms with van der Waals surface area (Å²) < 4.78 is 20.2. The zero-order chi connectivity index (χ0) is 19.8. The van der Waals surface area contributed by atoms with Crippen LogP contribution in [-0.2, 0) is 4.74 Å². The molecule has 138 valence electrons. The molecule has 0 aliphatic rings. The first-order valence-electron chi connectivity index (χ1n) is 7.83. The first-order valence-corrected chi connectivity index (χ1v) is 9.02. The van der Waals surface area contributed by atoms with Gasteiger partial charge in [0.25, 0.3) is 0 Å². The third kappa shape index (κ3) is 4.15. The van der Waals surface area contributed by atoms with Gasteiger partial charge in [-0.2, -0.15) is 5.26 Å². The Morgan fingerprint density at radius 2 is 2.15 bits per heavy atom. The van der Waals surface area contributed by atoms with Crippen LogP contribution in [0.2, 0.25) is 5.02 Å². The molecule has 2 heterocycles. The molecule has 1 amide bonds. The van der Waals surface area contributed by atoms with Crippen LogP contribution in [0, 0.1) is 17.1 Å². The second kappa shape index (κ2) is 7.10. The number of fused-ring (bicyclic) bond motifs is 1. The fourth-order valence-corrected chi connectivity index (χ4v) is 3.71. The summed E-state index contributed by atoms with van der Waals surface area (Å²) >= 11 is 7.27. The molecule has 9 heteroatoms. The molecule has 2 aromatic heterocycles. The van der Waals surface area contributed by atoms with E-state index in [1.54, 1.807) is 26.8 Å². The zero-order valence-electron chi connectivity index (χ0n) is 14.6. The number of aromatic nitrogens is 2. The highest BCUT2D eigenvalue weighted by molar-refractivity contribution is 7.22. The van der Waals surface area contributed by atoms with E-state index in [2.05, 4.69) is 15.3 Å². The van der Waals surface area contributed by atoms with Crippen LogP contribution in [0.1, 0.15) is 26.3 Å². The first kappa shape index (κ1) is 19.0. The summed E-state index contributed by atoms with van der Waals surface area (Å²) in [5.74, 6) is -0.386. The van der Waals surface area contributed by atoms with E-state index in [1.165, 1.54) is 12.3 Å². The number of benzene rings is 1. The molecule has 0 radical (unpaired) electrons. The molecule has 1 aromatic carbocycles. The van der Waals surface area contributed by atoms with Gasteiger partial charge in [-0.3, -0.25) is 5.32 Å². The number of carbonyl (C=O) groups is 1. The fourth-order valence-electron chi connectivity index (χ4n) is 2.29. The van der Waals surface area contributed by atoms with Gasteiger partial charge in [-0.1, -0.05) is 11.6 Å². The molecule has 6 nitrogen and oxygen atoms in total. The van der Waals surface area contributed by atoms with Crippen molar-refractivity contribution >= 4 is 45.1 Å². The van der Waals surface area contributed by atoms with E-state index in [0.29, 0.717) is 15.2 Å². The van der Waals surface area contributed by atoms with E-state index >= 15 is 0 Å². The minimum Gasteiger partial charge on any atom is -0.444 e. The maximum Gasteiger partial charge on any atom is 0.413 e. The second-order valence-electron chi connectivity index (χ2n) is 6.58. The molecular formula is C18H14ClFN4O2S. The number of pyridine rings is 1. The smallest absolute Gasteiger partial charge is 0.413 e. The highest BCUT2D eigenvalue weighted by Gasteiger charge is 2.20. The quantitative estimate of drug-likeness (QED) is 0.620. The minimum absolute atomic E-state index is 0.0835. The summed E-state index contributed by atoms with van der Waals surface area (Å²) in [7, 11) is 0. The van der Waals surface area contributed by atoms with Crippen LogP contribution >= 0.6 is 22.9 Å². The van der Waals surface area contributed by atoms with Gasteiger partial charge in [0.2, 0.25) is 0 Å². The van der Waals surface area contributed by atoms with Crippen molar-refractivity contribution in [3.05, 3.63) is 40.8 Å². The van der Waals surface area contributed by atoms with Gasteiger partial charge in [0.05, 0.1) is 32.4 Å². The molecule has 0 unspecified atom stereocenters. The molecule has 27 heavy (non-hydrogen) atoms. The molecule has 0 saturated heterocycles. The van der Waals surface area contributed by atoms with Crippen molar-refractivity contribution in [1.82, 2.24) is 9.97 Å². The minimum atomic E-state index is -0.657. The number of thiazole rings is 1. The normalized spacial score (nSPS) is 11.3. The maximum atomic E-state index is 14.4. The topological polar surface area (TPSA) is 87.9 Å². The molecule has 0 saturated carbocycles. The number of ether oxygens (including phenoxy) is 1. The number of halogens is 2. The van der Waals surface area contributed by atoms with Gasteiger partial charge in [0.15, 0.2) is 5.82 Å². The fraction of sp³-hybridized carbons (Fsp3) is 0.222. The van der Waals surface area contributed by atoms with Crippen molar-refractivity contribution in [3.8, 4) is 16.6 Å². The van der Waals surface area contributed by atoms with Crippen molar-refractivity contribution in [1.29, 1.82) is 5.26 Å². The molecule has 0 aliphatic heterocycles. The van der Waals surface area contributed by atoms with Gasteiger partial charge >= 0.3 is 6.09 Å². The first-order chi connectivity index (χ1) is 12.7. The van der Waals surface area contributed by atoms with Gasteiger partial charge in [0.1, 0.15) is 16.4 Å². The van der Waals surface area contributed by atoms with E-state index in [9.17, 15) is 9.18 Å². The summed E-state index contributed by atoms with van der Waals surface area (Å²) in [4.78, 5) is 20.6. The maximum absolute atomic E-state index is 14.4. The number of hydrogen-bond acceptors (Lipinski definition) is 6. The van der Waals surface area contributed by atoms with Crippen LogP contribution in [0.3, 0.4) is 0 Å². The Balaban J connectivity index is 2.02. The zero-order valence-corrected chi connectivity index (χ0v) is 16.2.